The second-order valence-electron chi connectivity index (χ2n) is 4.90. The van der Waals surface area contributed by atoms with Crippen LogP contribution in [-0.4, -0.2) is 33.8 Å². The van der Waals surface area contributed by atoms with Gasteiger partial charge in [0.25, 0.3) is 0 Å². The Morgan fingerprint density at radius 2 is 2.20 bits per heavy atom. The number of unbranched alkanes of at least 4 members (excludes halogenated alkanes) is 1. The van der Waals surface area contributed by atoms with Gasteiger partial charge in [-0.1, -0.05) is 18.2 Å². The number of urea groups is 1. The Balaban J connectivity index is 1.96. The molecule has 0 radical (unpaired) electrons. The van der Waals surface area contributed by atoms with E-state index in [4.69, 9.17) is 15.9 Å². The number of nitrogens with two attached hydrogens (primary N) is 1. The van der Waals surface area contributed by atoms with Crippen molar-refractivity contribution in [3.8, 4) is 0 Å². The van der Waals surface area contributed by atoms with Gasteiger partial charge in [-0.3, -0.25) is 0 Å². The van der Waals surface area contributed by atoms with Crippen LogP contribution in [0.3, 0.4) is 0 Å². The van der Waals surface area contributed by atoms with Gasteiger partial charge in [-0.2, -0.15) is 5.10 Å². The van der Waals surface area contributed by atoms with E-state index in [0.29, 0.717) is 13.0 Å². The summed E-state index contributed by atoms with van der Waals surface area (Å²) in [6.07, 6.45) is 3.34. The molecule has 0 atom stereocenters. The summed E-state index contributed by atoms with van der Waals surface area (Å²) in [4.78, 5) is 11.1. The highest BCUT2D eigenvalue weighted by atomic mass is 16.5. The molecule has 2 amide bonds. The van der Waals surface area contributed by atoms with Gasteiger partial charge in [0.1, 0.15) is 0 Å². The number of amides is 2. The molecule has 2 rings (SSSR count). The zero-order valence-electron chi connectivity index (χ0n) is 11.2. The van der Waals surface area contributed by atoms with Gasteiger partial charge >= 0.3 is 6.03 Å². The minimum atomic E-state index is -1.22. The molecule has 108 valence electrons. The SMILES string of the molecule is NC(=O)N1Cc2cc(CCCCC(O)O)ccc2C=N1. The Hall–Kier alpha value is -1.92. The molecule has 0 unspecified atom stereocenters. The number of rotatable bonds is 5. The standard InChI is InChI=1S/C14H19N3O3/c15-14(20)17-9-12-7-10(3-1-2-4-13(18)19)5-6-11(12)8-16-17/h5-8,13,18-19H,1-4,9H2,(H2,15,20). The number of aryl methyl sites for hydroxylation is 1. The zero-order valence-corrected chi connectivity index (χ0v) is 11.2. The fourth-order valence-electron chi connectivity index (χ4n) is 2.20. The molecule has 6 nitrogen and oxygen atoms in total. The number of aliphatic hydroxyl groups is 2. The maximum Gasteiger partial charge on any atom is 0.335 e. The normalized spacial score (nSPS) is 13.7. The van der Waals surface area contributed by atoms with Gasteiger partial charge in [0.15, 0.2) is 6.29 Å². The lowest BCUT2D eigenvalue weighted by atomic mass is 10.00. The molecule has 0 saturated heterocycles. The van der Waals surface area contributed by atoms with Gasteiger partial charge in [-0.05, 0) is 42.4 Å². The van der Waals surface area contributed by atoms with E-state index in [9.17, 15) is 4.79 Å². The first-order chi connectivity index (χ1) is 9.56. The smallest absolute Gasteiger partial charge is 0.335 e. The van der Waals surface area contributed by atoms with Crippen molar-refractivity contribution in [2.75, 3.05) is 0 Å². The summed E-state index contributed by atoms with van der Waals surface area (Å²) in [5.41, 5.74) is 8.40. The zero-order chi connectivity index (χ0) is 14.5. The van der Waals surface area contributed by atoms with Gasteiger partial charge in [0, 0.05) is 0 Å². The minimum absolute atomic E-state index is 0.393. The van der Waals surface area contributed by atoms with E-state index in [1.807, 2.05) is 18.2 Å². The third-order valence-electron chi connectivity index (χ3n) is 3.30. The number of hydrogen-bond donors (Lipinski definition) is 3. The number of fused-ring (bicyclic) bond motifs is 1. The summed E-state index contributed by atoms with van der Waals surface area (Å²) >= 11 is 0. The lowest BCUT2D eigenvalue weighted by Gasteiger charge is -2.20. The summed E-state index contributed by atoms with van der Waals surface area (Å²) in [6.45, 7) is 0.393. The highest BCUT2D eigenvalue weighted by Crippen LogP contribution is 2.18. The molecule has 1 aromatic carbocycles. The van der Waals surface area contributed by atoms with Gasteiger partial charge in [0.05, 0.1) is 12.8 Å². The number of nitrogens with zero attached hydrogens (tertiary/aromatic N) is 2. The van der Waals surface area contributed by atoms with Gasteiger partial charge in [-0.25, -0.2) is 9.80 Å². The third-order valence-corrected chi connectivity index (χ3v) is 3.30. The number of hydrazone groups is 1. The second-order valence-corrected chi connectivity index (χ2v) is 4.90. The molecule has 0 fully saturated rings. The molecule has 0 aromatic heterocycles. The fourth-order valence-corrected chi connectivity index (χ4v) is 2.20. The van der Waals surface area contributed by atoms with E-state index >= 15 is 0 Å². The first kappa shape index (κ1) is 14.5. The third kappa shape index (κ3) is 3.79. The van der Waals surface area contributed by atoms with Gasteiger partial charge < -0.3 is 15.9 Å². The van der Waals surface area contributed by atoms with Crippen LogP contribution >= 0.6 is 0 Å². The first-order valence-electron chi connectivity index (χ1n) is 6.65. The Labute approximate surface area is 117 Å². The summed E-state index contributed by atoms with van der Waals surface area (Å²) < 4.78 is 0. The number of aliphatic hydroxyl groups excluding tert-OH is 1. The molecule has 1 aromatic rings. The molecule has 0 aliphatic carbocycles. The van der Waals surface area contributed by atoms with E-state index < -0.39 is 12.3 Å². The molecule has 4 N–H and O–H groups in total. The maximum absolute atomic E-state index is 11.1. The quantitative estimate of drug-likeness (QED) is 0.551. The van der Waals surface area contributed by atoms with E-state index in [0.717, 1.165) is 36.0 Å². The van der Waals surface area contributed by atoms with Gasteiger partial charge in [-0.15, -0.1) is 0 Å². The van der Waals surface area contributed by atoms with Crippen molar-refractivity contribution in [2.45, 2.75) is 38.5 Å². The fraction of sp³-hybridized carbons (Fsp3) is 0.429. The molecule has 1 heterocycles. The Morgan fingerprint density at radius 1 is 1.40 bits per heavy atom. The van der Waals surface area contributed by atoms with Crippen LogP contribution in [0.2, 0.25) is 0 Å². The largest absolute Gasteiger partial charge is 0.368 e. The highest BCUT2D eigenvalue weighted by Gasteiger charge is 2.15. The van der Waals surface area contributed by atoms with Crippen LogP contribution in [0.1, 0.15) is 36.0 Å². The minimum Gasteiger partial charge on any atom is -0.368 e. The summed E-state index contributed by atoms with van der Waals surface area (Å²) in [6, 6.07) is 5.49. The summed E-state index contributed by atoms with van der Waals surface area (Å²) in [5, 5.41) is 22.8. The molecule has 0 spiro atoms. The van der Waals surface area contributed by atoms with Crippen LogP contribution < -0.4 is 5.73 Å². The van der Waals surface area contributed by atoms with Crippen molar-refractivity contribution in [1.82, 2.24) is 5.01 Å². The Kier molecular flexibility index (Phi) is 4.70. The van der Waals surface area contributed by atoms with Crippen LogP contribution in [0.25, 0.3) is 0 Å². The van der Waals surface area contributed by atoms with Crippen LogP contribution in [0, 0.1) is 0 Å². The van der Waals surface area contributed by atoms with Crippen molar-refractivity contribution < 1.29 is 15.0 Å². The molecule has 20 heavy (non-hydrogen) atoms. The molecule has 0 bridgehead atoms. The van der Waals surface area contributed by atoms with E-state index in [2.05, 4.69) is 5.10 Å². The van der Waals surface area contributed by atoms with Crippen molar-refractivity contribution >= 4 is 12.2 Å². The number of carbonyl (C=O) groups excluding carboxylic acids is 1. The van der Waals surface area contributed by atoms with Crippen LogP contribution in [0.15, 0.2) is 23.3 Å². The van der Waals surface area contributed by atoms with Gasteiger partial charge in [0.2, 0.25) is 0 Å². The molecular weight excluding hydrogens is 258 g/mol. The number of primary amides is 1. The molecule has 1 aliphatic rings. The number of hydrogen-bond acceptors (Lipinski definition) is 4. The number of carbonyl (C=O) groups is 1. The lowest BCUT2D eigenvalue weighted by Crippen LogP contribution is -2.33. The Bertz CT molecular complexity index is 514. The molecule has 0 saturated carbocycles. The van der Waals surface area contributed by atoms with Crippen LogP contribution in [-0.2, 0) is 13.0 Å². The first-order valence-corrected chi connectivity index (χ1v) is 6.65. The van der Waals surface area contributed by atoms with Crippen molar-refractivity contribution in [2.24, 2.45) is 10.8 Å². The van der Waals surface area contributed by atoms with E-state index in [1.165, 1.54) is 5.01 Å². The Morgan fingerprint density at radius 3 is 2.90 bits per heavy atom. The average Bonchev–Trinajstić information content (AvgIpc) is 2.42. The average molecular weight is 277 g/mol. The monoisotopic (exact) mass is 277 g/mol. The second kappa shape index (κ2) is 6.49. The lowest BCUT2D eigenvalue weighted by molar-refractivity contribution is -0.0465. The molecular formula is C14H19N3O3. The predicted octanol–water partition coefficient (Wildman–Crippen LogP) is 0.938. The van der Waals surface area contributed by atoms with Crippen molar-refractivity contribution in [3.63, 3.8) is 0 Å². The van der Waals surface area contributed by atoms with Crippen molar-refractivity contribution in [1.29, 1.82) is 0 Å². The van der Waals surface area contributed by atoms with Crippen LogP contribution in [0.5, 0.6) is 0 Å². The molecule has 1 aliphatic heterocycles. The highest BCUT2D eigenvalue weighted by molar-refractivity contribution is 5.85. The van der Waals surface area contributed by atoms with E-state index in [1.54, 1.807) is 6.21 Å². The van der Waals surface area contributed by atoms with E-state index in [-0.39, 0.29) is 0 Å². The topological polar surface area (TPSA) is 99.2 Å². The van der Waals surface area contributed by atoms with Crippen molar-refractivity contribution in [3.05, 3.63) is 34.9 Å². The predicted molar refractivity (Wildman–Crippen MR) is 74.9 cm³/mol. The van der Waals surface area contributed by atoms with Crippen LogP contribution in [0.4, 0.5) is 4.79 Å². The summed E-state index contributed by atoms with van der Waals surface area (Å²) in [5.74, 6) is 0. The maximum atomic E-state index is 11.1. The summed E-state index contributed by atoms with van der Waals surface area (Å²) in [7, 11) is 0. The molecule has 6 heteroatoms. The number of benzene rings is 1.